The SMILES string of the molecule is O=C(O)N1CCCC(Oc2ccccc2N2CCNCC2)C1. The summed E-state index contributed by atoms with van der Waals surface area (Å²) < 4.78 is 6.15. The van der Waals surface area contributed by atoms with Crippen molar-refractivity contribution in [1.29, 1.82) is 0 Å². The van der Waals surface area contributed by atoms with Gasteiger partial charge in [0.25, 0.3) is 0 Å². The van der Waals surface area contributed by atoms with Gasteiger partial charge in [0.15, 0.2) is 0 Å². The van der Waals surface area contributed by atoms with E-state index < -0.39 is 6.09 Å². The molecule has 2 aliphatic heterocycles. The van der Waals surface area contributed by atoms with Crippen molar-refractivity contribution in [3.8, 4) is 5.75 Å². The summed E-state index contributed by atoms with van der Waals surface area (Å²) in [6, 6.07) is 8.06. The zero-order valence-corrected chi connectivity index (χ0v) is 12.7. The number of carbonyl (C=O) groups is 1. The number of nitrogens with one attached hydrogen (secondary N) is 1. The predicted molar refractivity (Wildman–Crippen MR) is 84.8 cm³/mol. The Morgan fingerprint density at radius 3 is 2.77 bits per heavy atom. The van der Waals surface area contributed by atoms with Gasteiger partial charge in [0.05, 0.1) is 12.2 Å². The Kier molecular flexibility index (Phi) is 4.68. The van der Waals surface area contributed by atoms with Gasteiger partial charge in [-0.2, -0.15) is 0 Å². The number of carboxylic acid groups (broad SMARTS) is 1. The number of anilines is 1. The van der Waals surface area contributed by atoms with Crippen molar-refractivity contribution < 1.29 is 14.6 Å². The van der Waals surface area contributed by atoms with E-state index in [9.17, 15) is 4.79 Å². The van der Waals surface area contributed by atoms with Crippen molar-refractivity contribution in [3.63, 3.8) is 0 Å². The molecular weight excluding hydrogens is 282 g/mol. The molecule has 1 unspecified atom stereocenters. The highest BCUT2D eigenvalue weighted by Crippen LogP contribution is 2.30. The van der Waals surface area contributed by atoms with Crippen LogP contribution in [0.5, 0.6) is 5.75 Å². The fraction of sp³-hybridized carbons (Fsp3) is 0.562. The predicted octanol–water partition coefficient (Wildman–Crippen LogP) is 1.62. The first-order valence-corrected chi connectivity index (χ1v) is 7.93. The molecule has 3 rings (SSSR count). The quantitative estimate of drug-likeness (QED) is 0.888. The van der Waals surface area contributed by atoms with Crippen LogP contribution in [-0.2, 0) is 0 Å². The minimum Gasteiger partial charge on any atom is -0.486 e. The van der Waals surface area contributed by atoms with Crippen molar-refractivity contribution in [2.75, 3.05) is 44.2 Å². The average Bonchev–Trinajstić information content (AvgIpc) is 2.56. The molecule has 22 heavy (non-hydrogen) atoms. The van der Waals surface area contributed by atoms with Crippen molar-refractivity contribution in [2.45, 2.75) is 18.9 Å². The van der Waals surface area contributed by atoms with Gasteiger partial charge in [0.2, 0.25) is 0 Å². The van der Waals surface area contributed by atoms with E-state index in [1.807, 2.05) is 18.2 Å². The highest BCUT2D eigenvalue weighted by Gasteiger charge is 2.25. The fourth-order valence-electron chi connectivity index (χ4n) is 3.11. The first kappa shape index (κ1) is 15.0. The number of amides is 1. The maximum Gasteiger partial charge on any atom is 0.407 e. The molecule has 0 aliphatic carbocycles. The summed E-state index contributed by atoms with van der Waals surface area (Å²) in [5.74, 6) is 0.863. The van der Waals surface area contributed by atoms with Crippen molar-refractivity contribution >= 4 is 11.8 Å². The normalized spacial score (nSPS) is 22.5. The van der Waals surface area contributed by atoms with Gasteiger partial charge in [-0.15, -0.1) is 0 Å². The van der Waals surface area contributed by atoms with Crippen molar-refractivity contribution in [3.05, 3.63) is 24.3 Å². The molecule has 120 valence electrons. The molecule has 1 amide bonds. The number of hydrogen-bond donors (Lipinski definition) is 2. The van der Waals surface area contributed by atoms with Gasteiger partial charge in [0.1, 0.15) is 11.9 Å². The molecule has 2 N–H and O–H groups in total. The zero-order valence-electron chi connectivity index (χ0n) is 12.7. The number of rotatable bonds is 3. The van der Waals surface area contributed by atoms with Crippen molar-refractivity contribution in [2.24, 2.45) is 0 Å². The summed E-state index contributed by atoms with van der Waals surface area (Å²) >= 11 is 0. The largest absolute Gasteiger partial charge is 0.486 e. The smallest absolute Gasteiger partial charge is 0.407 e. The second-order valence-electron chi connectivity index (χ2n) is 5.82. The molecule has 2 saturated heterocycles. The molecule has 2 aliphatic rings. The zero-order chi connectivity index (χ0) is 15.4. The molecule has 1 aromatic rings. The van der Waals surface area contributed by atoms with E-state index in [4.69, 9.17) is 9.84 Å². The summed E-state index contributed by atoms with van der Waals surface area (Å²) in [6.45, 7) is 4.94. The van der Waals surface area contributed by atoms with Gasteiger partial charge in [-0.05, 0) is 25.0 Å². The van der Waals surface area contributed by atoms with Crippen molar-refractivity contribution in [1.82, 2.24) is 10.2 Å². The fourth-order valence-corrected chi connectivity index (χ4v) is 3.11. The Morgan fingerprint density at radius 1 is 1.23 bits per heavy atom. The Labute approximate surface area is 130 Å². The lowest BCUT2D eigenvalue weighted by atomic mass is 10.1. The Balaban J connectivity index is 1.70. The molecule has 6 heteroatoms. The minimum absolute atomic E-state index is 0.0612. The Hall–Kier alpha value is -1.95. The first-order valence-electron chi connectivity index (χ1n) is 7.93. The maximum absolute atomic E-state index is 11.1. The number of nitrogens with zero attached hydrogens (tertiary/aromatic N) is 2. The van der Waals surface area contributed by atoms with E-state index in [0.717, 1.165) is 50.5 Å². The summed E-state index contributed by atoms with van der Waals surface area (Å²) in [7, 11) is 0. The van der Waals surface area contributed by atoms with Gasteiger partial charge < -0.3 is 25.0 Å². The highest BCUT2D eigenvalue weighted by atomic mass is 16.5. The van der Waals surface area contributed by atoms with Crippen LogP contribution in [0.3, 0.4) is 0 Å². The molecule has 0 aromatic heterocycles. The monoisotopic (exact) mass is 305 g/mol. The molecule has 2 heterocycles. The van der Waals surface area contributed by atoms with Crippen LogP contribution >= 0.6 is 0 Å². The number of para-hydroxylation sites is 2. The topological polar surface area (TPSA) is 65.0 Å². The summed E-state index contributed by atoms with van der Waals surface area (Å²) in [4.78, 5) is 14.9. The van der Waals surface area contributed by atoms with Crippen LogP contribution in [0.2, 0.25) is 0 Å². The van der Waals surface area contributed by atoms with Gasteiger partial charge in [-0.1, -0.05) is 12.1 Å². The Morgan fingerprint density at radius 2 is 2.00 bits per heavy atom. The third kappa shape index (κ3) is 3.44. The molecule has 0 saturated carbocycles. The number of ether oxygens (including phenoxy) is 1. The van der Waals surface area contributed by atoms with Crippen LogP contribution in [0.25, 0.3) is 0 Å². The second-order valence-corrected chi connectivity index (χ2v) is 5.82. The molecule has 0 spiro atoms. The molecule has 0 radical (unpaired) electrons. The van der Waals surface area contributed by atoms with Gasteiger partial charge in [-0.25, -0.2) is 4.79 Å². The van der Waals surface area contributed by atoms with Crippen LogP contribution < -0.4 is 15.0 Å². The van der Waals surface area contributed by atoms with Crippen LogP contribution in [0, 0.1) is 0 Å². The molecule has 2 fully saturated rings. The number of likely N-dealkylation sites (tertiary alicyclic amines) is 1. The molecule has 1 atom stereocenters. The standard InChI is InChI=1S/C16H23N3O3/c20-16(21)19-9-3-4-13(12-19)22-15-6-2-1-5-14(15)18-10-7-17-8-11-18/h1-2,5-6,13,17H,3-4,7-12H2,(H,20,21). The summed E-state index contributed by atoms with van der Waals surface area (Å²) in [5.41, 5.74) is 1.11. The van der Waals surface area contributed by atoms with Crippen LogP contribution in [0.15, 0.2) is 24.3 Å². The van der Waals surface area contributed by atoms with E-state index in [-0.39, 0.29) is 6.10 Å². The maximum atomic E-state index is 11.1. The minimum atomic E-state index is -0.858. The number of benzene rings is 1. The lowest BCUT2D eigenvalue weighted by Crippen LogP contribution is -2.45. The molecule has 1 aromatic carbocycles. The molecule has 6 nitrogen and oxygen atoms in total. The molecule has 0 bridgehead atoms. The Bertz CT molecular complexity index is 517. The summed E-state index contributed by atoms with van der Waals surface area (Å²) in [5, 5.41) is 12.5. The number of hydrogen-bond acceptors (Lipinski definition) is 4. The van der Waals surface area contributed by atoms with E-state index in [2.05, 4.69) is 16.3 Å². The first-order chi connectivity index (χ1) is 10.7. The van der Waals surface area contributed by atoms with Crippen LogP contribution in [0.1, 0.15) is 12.8 Å². The average molecular weight is 305 g/mol. The number of piperidine rings is 1. The lowest BCUT2D eigenvalue weighted by Gasteiger charge is -2.34. The van der Waals surface area contributed by atoms with E-state index in [1.165, 1.54) is 4.90 Å². The van der Waals surface area contributed by atoms with Gasteiger partial charge in [-0.3, -0.25) is 0 Å². The van der Waals surface area contributed by atoms with E-state index >= 15 is 0 Å². The van der Waals surface area contributed by atoms with E-state index in [0.29, 0.717) is 13.1 Å². The van der Waals surface area contributed by atoms with E-state index in [1.54, 1.807) is 0 Å². The van der Waals surface area contributed by atoms with Gasteiger partial charge in [0, 0.05) is 32.7 Å². The van der Waals surface area contributed by atoms with Gasteiger partial charge >= 0.3 is 6.09 Å². The summed E-state index contributed by atoms with van der Waals surface area (Å²) in [6.07, 6.45) is 0.838. The molecular formula is C16H23N3O3. The van der Waals surface area contributed by atoms with Crippen LogP contribution in [-0.4, -0.2) is 61.5 Å². The lowest BCUT2D eigenvalue weighted by molar-refractivity contribution is 0.0794. The van der Waals surface area contributed by atoms with Crippen LogP contribution in [0.4, 0.5) is 10.5 Å². The third-order valence-electron chi connectivity index (χ3n) is 4.27. The third-order valence-corrected chi connectivity index (χ3v) is 4.27. The second kappa shape index (κ2) is 6.87. The highest BCUT2D eigenvalue weighted by molar-refractivity contribution is 5.65. The number of piperazine rings is 1.